The minimum atomic E-state index is -0.331. The van der Waals surface area contributed by atoms with Crippen molar-refractivity contribution in [2.45, 2.75) is 18.5 Å². The number of hydrazine groups is 1. The maximum absolute atomic E-state index is 12.5. The molecule has 1 saturated heterocycles. The first-order chi connectivity index (χ1) is 13.4. The van der Waals surface area contributed by atoms with E-state index in [0.717, 1.165) is 10.0 Å². The zero-order valence-electron chi connectivity index (χ0n) is 15.7. The Morgan fingerprint density at radius 3 is 2.43 bits per heavy atom. The number of halogens is 1. The average molecular weight is 447 g/mol. The Kier molecular flexibility index (Phi) is 6.66. The fraction of sp³-hybridized carbons (Fsp3) is 0.300. The van der Waals surface area contributed by atoms with E-state index in [0.29, 0.717) is 17.9 Å². The van der Waals surface area contributed by atoms with Crippen molar-refractivity contribution in [2.75, 3.05) is 26.0 Å². The molecular formula is C20H23BrN4O3. The summed E-state index contributed by atoms with van der Waals surface area (Å²) >= 11 is 3.43. The number of nitrogens with zero attached hydrogens (tertiary/aromatic N) is 1. The predicted octanol–water partition coefficient (Wildman–Crippen LogP) is 2.46. The monoisotopic (exact) mass is 446 g/mol. The second kappa shape index (κ2) is 9.18. The molecule has 3 rings (SSSR count). The van der Waals surface area contributed by atoms with E-state index in [1.54, 1.807) is 38.4 Å². The van der Waals surface area contributed by atoms with Gasteiger partial charge < -0.3 is 15.0 Å². The van der Waals surface area contributed by atoms with Crippen LogP contribution in [0.5, 0.6) is 5.75 Å². The van der Waals surface area contributed by atoms with Gasteiger partial charge in [0, 0.05) is 30.3 Å². The van der Waals surface area contributed by atoms with Crippen LogP contribution in [0, 0.1) is 0 Å². The summed E-state index contributed by atoms with van der Waals surface area (Å²) in [6.45, 7) is -0.0200. The number of carbonyl (C=O) groups excluding carboxylic acids is 2. The molecule has 0 radical (unpaired) electrons. The van der Waals surface area contributed by atoms with Gasteiger partial charge in [-0.05, 0) is 48.4 Å². The third-order valence-corrected chi connectivity index (χ3v) is 5.00. The van der Waals surface area contributed by atoms with E-state index in [4.69, 9.17) is 4.74 Å². The van der Waals surface area contributed by atoms with E-state index < -0.39 is 0 Å². The number of benzene rings is 2. The van der Waals surface area contributed by atoms with Gasteiger partial charge in [0.15, 0.2) is 6.61 Å². The number of ether oxygens (including phenoxy) is 1. The lowest BCUT2D eigenvalue weighted by atomic mass is 10.0. The van der Waals surface area contributed by atoms with E-state index in [2.05, 4.69) is 32.1 Å². The second-order valence-corrected chi connectivity index (χ2v) is 7.69. The zero-order chi connectivity index (χ0) is 20.1. The van der Waals surface area contributed by atoms with Crippen LogP contribution in [-0.4, -0.2) is 43.5 Å². The summed E-state index contributed by atoms with van der Waals surface area (Å²) in [6, 6.07) is 14.7. The summed E-state index contributed by atoms with van der Waals surface area (Å²) in [5, 5.41) is 2.90. The van der Waals surface area contributed by atoms with Crippen molar-refractivity contribution in [3.63, 3.8) is 0 Å². The minimum absolute atomic E-state index is 0.0200. The molecule has 1 fully saturated rings. The summed E-state index contributed by atoms with van der Waals surface area (Å²) in [5.74, 6) is 0.352. The maximum Gasteiger partial charge on any atom is 0.259 e. The molecule has 1 aliphatic heterocycles. The van der Waals surface area contributed by atoms with Crippen molar-refractivity contribution in [3.05, 3.63) is 58.6 Å². The Balaban J connectivity index is 1.51. The van der Waals surface area contributed by atoms with Crippen molar-refractivity contribution in [1.29, 1.82) is 0 Å². The van der Waals surface area contributed by atoms with Crippen LogP contribution in [0.1, 0.15) is 18.0 Å². The number of amides is 2. The van der Waals surface area contributed by atoms with Gasteiger partial charge in [-0.1, -0.05) is 28.1 Å². The number of likely N-dealkylation sites (N-methyl/N-ethyl adjacent to an activating group) is 1. The molecule has 2 aromatic rings. The Labute approximate surface area is 172 Å². The average Bonchev–Trinajstić information content (AvgIpc) is 3.18. The quantitative estimate of drug-likeness (QED) is 0.634. The van der Waals surface area contributed by atoms with Gasteiger partial charge in [0.1, 0.15) is 11.8 Å². The maximum atomic E-state index is 12.5. The molecule has 0 spiro atoms. The van der Waals surface area contributed by atoms with Crippen LogP contribution >= 0.6 is 15.9 Å². The number of hydrogen-bond acceptors (Lipinski definition) is 5. The summed E-state index contributed by atoms with van der Waals surface area (Å²) in [7, 11) is 3.36. The highest BCUT2D eigenvalue weighted by Gasteiger charge is 2.30. The Morgan fingerprint density at radius 1 is 1.11 bits per heavy atom. The molecule has 2 amide bonds. The van der Waals surface area contributed by atoms with Crippen LogP contribution in [0.15, 0.2) is 53.0 Å². The van der Waals surface area contributed by atoms with Gasteiger partial charge in [-0.3, -0.25) is 9.59 Å². The molecule has 2 unspecified atom stereocenters. The molecule has 2 atom stereocenters. The van der Waals surface area contributed by atoms with Gasteiger partial charge in [-0.25, -0.2) is 10.9 Å². The topological polar surface area (TPSA) is 82.7 Å². The van der Waals surface area contributed by atoms with Gasteiger partial charge >= 0.3 is 0 Å². The second-order valence-electron chi connectivity index (χ2n) is 6.77. The molecule has 148 valence electrons. The van der Waals surface area contributed by atoms with Crippen molar-refractivity contribution in [3.8, 4) is 5.75 Å². The van der Waals surface area contributed by atoms with Crippen LogP contribution < -0.4 is 20.9 Å². The molecule has 7 nitrogen and oxygen atoms in total. The number of rotatable bonds is 6. The van der Waals surface area contributed by atoms with Crippen LogP contribution in [0.4, 0.5) is 5.69 Å². The largest absolute Gasteiger partial charge is 0.484 e. The molecule has 0 bridgehead atoms. The third kappa shape index (κ3) is 5.31. The lowest BCUT2D eigenvalue weighted by molar-refractivity contribution is -0.130. The van der Waals surface area contributed by atoms with Gasteiger partial charge in [0.25, 0.3) is 5.91 Å². The summed E-state index contributed by atoms with van der Waals surface area (Å²) in [4.78, 5) is 25.5. The number of carbonyl (C=O) groups is 2. The van der Waals surface area contributed by atoms with Gasteiger partial charge in [-0.2, -0.15) is 0 Å². The molecule has 3 N–H and O–H groups in total. The fourth-order valence-corrected chi connectivity index (χ4v) is 3.04. The Hall–Kier alpha value is -2.42. The van der Waals surface area contributed by atoms with Gasteiger partial charge in [0.05, 0.1) is 0 Å². The molecule has 1 heterocycles. The first-order valence-electron chi connectivity index (χ1n) is 8.93. The molecular weight excluding hydrogens is 424 g/mol. The Bertz CT molecular complexity index is 824. The van der Waals surface area contributed by atoms with Crippen LogP contribution in [-0.2, 0) is 9.59 Å². The fourth-order valence-electron chi connectivity index (χ4n) is 2.78. The number of anilines is 1. The van der Waals surface area contributed by atoms with Crippen molar-refractivity contribution >= 4 is 33.4 Å². The predicted molar refractivity (Wildman–Crippen MR) is 111 cm³/mol. The van der Waals surface area contributed by atoms with E-state index in [1.807, 2.05) is 24.3 Å². The molecule has 1 aliphatic rings. The lowest BCUT2D eigenvalue weighted by Crippen LogP contribution is -2.39. The summed E-state index contributed by atoms with van der Waals surface area (Å²) in [5.41, 5.74) is 8.02. The zero-order valence-corrected chi connectivity index (χ0v) is 17.3. The van der Waals surface area contributed by atoms with Crippen molar-refractivity contribution in [1.82, 2.24) is 15.8 Å². The molecule has 0 aliphatic carbocycles. The standard InChI is InChI=1S/C20H23BrN4O3/c1-25(2)19(26)12-28-16-9-7-15(8-10-16)22-20(27)18-11-17(23-24-18)13-3-5-14(21)6-4-13/h3-10,17-18,23-24H,11-12H2,1-2H3,(H,22,27). The first-order valence-corrected chi connectivity index (χ1v) is 9.72. The van der Waals surface area contributed by atoms with Gasteiger partial charge in [-0.15, -0.1) is 0 Å². The highest BCUT2D eigenvalue weighted by Crippen LogP contribution is 2.24. The van der Waals surface area contributed by atoms with E-state index in [1.165, 1.54) is 4.90 Å². The molecule has 0 aromatic heterocycles. The smallest absolute Gasteiger partial charge is 0.259 e. The highest BCUT2D eigenvalue weighted by atomic mass is 79.9. The van der Waals surface area contributed by atoms with Crippen LogP contribution in [0.25, 0.3) is 0 Å². The van der Waals surface area contributed by atoms with Crippen LogP contribution in [0.3, 0.4) is 0 Å². The summed E-state index contributed by atoms with van der Waals surface area (Å²) in [6.07, 6.45) is 0.654. The van der Waals surface area contributed by atoms with E-state index in [9.17, 15) is 9.59 Å². The highest BCUT2D eigenvalue weighted by molar-refractivity contribution is 9.10. The number of hydrogen-bond donors (Lipinski definition) is 3. The van der Waals surface area contributed by atoms with Crippen LogP contribution in [0.2, 0.25) is 0 Å². The molecule has 0 saturated carbocycles. The minimum Gasteiger partial charge on any atom is -0.484 e. The van der Waals surface area contributed by atoms with Gasteiger partial charge in [0.2, 0.25) is 5.91 Å². The third-order valence-electron chi connectivity index (χ3n) is 4.48. The normalized spacial score (nSPS) is 18.5. The first kappa shape index (κ1) is 20.3. The number of nitrogens with one attached hydrogen (secondary N) is 3. The molecule has 28 heavy (non-hydrogen) atoms. The summed E-state index contributed by atoms with van der Waals surface area (Å²) < 4.78 is 6.45. The van der Waals surface area contributed by atoms with E-state index >= 15 is 0 Å². The Morgan fingerprint density at radius 2 is 1.79 bits per heavy atom. The lowest BCUT2D eigenvalue weighted by Gasteiger charge is -2.13. The SMILES string of the molecule is CN(C)C(=O)COc1ccc(NC(=O)C2CC(c3ccc(Br)cc3)NN2)cc1. The molecule has 8 heteroatoms. The van der Waals surface area contributed by atoms with Crippen molar-refractivity contribution in [2.24, 2.45) is 0 Å². The van der Waals surface area contributed by atoms with E-state index in [-0.39, 0.29) is 30.5 Å². The van der Waals surface area contributed by atoms with Crippen molar-refractivity contribution < 1.29 is 14.3 Å². The molecule has 2 aromatic carbocycles.